The molecule has 0 spiro atoms. The Balaban J connectivity index is 1.27. The van der Waals surface area contributed by atoms with Gasteiger partial charge in [-0.25, -0.2) is 0 Å². The molecule has 5 fully saturated rings. The fraction of sp³-hybridized carbons (Fsp3) is 1.00. The highest BCUT2D eigenvalue weighted by Crippen LogP contribution is 2.34. The van der Waals surface area contributed by atoms with Crippen molar-refractivity contribution in [3.63, 3.8) is 0 Å². The minimum Gasteiger partial charge on any atom is -0.394 e. The summed E-state index contributed by atoms with van der Waals surface area (Å²) < 4.78 is 48.8. The highest BCUT2D eigenvalue weighted by atomic mass is 16.8. The van der Waals surface area contributed by atoms with E-state index in [9.17, 15) is 86.8 Å². The van der Waals surface area contributed by atoms with Crippen LogP contribution in [-0.4, -0.2) is 273 Å². The molecule has 0 bridgehead atoms. The summed E-state index contributed by atoms with van der Waals surface area (Å²) in [6.07, 6.45) is -46.2. The van der Waals surface area contributed by atoms with Gasteiger partial charge in [0, 0.05) is 0 Å². The van der Waals surface area contributed by atoms with Crippen molar-refractivity contribution in [1.29, 1.82) is 0 Å². The van der Waals surface area contributed by atoms with Crippen LogP contribution in [-0.2, 0) is 42.6 Å². The second-order valence-corrected chi connectivity index (χ2v) is 14.0. The molecule has 0 aromatic heterocycles. The lowest BCUT2D eigenvalue weighted by Crippen LogP contribution is -2.67. The molecule has 0 aromatic carbocycles. The monoisotopic (exact) mass is 828 g/mol. The lowest BCUT2D eigenvalue weighted by atomic mass is 9.96. The molecule has 5 saturated heterocycles. The maximum Gasteiger partial charge on any atom is 0.187 e. The van der Waals surface area contributed by atoms with Crippen molar-refractivity contribution >= 4 is 0 Å². The molecule has 0 saturated carbocycles. The van der Waals surface area contributed by atoms with E-state index in [1.54, 1.807) is 0 Å². The molecule has 26 nitrogen and oxygen atoms in total. The third kappa shape index (κ3) is 9.31. The summed E-state index contributed by atoms with van der Waals surface area (Å²) in [6.45, 7) is -4.34. The van der Waals surface area contributed by atoms with Crippen LogP contribution in [0.2, 0.25) is 0 Å². The van der Waals surface area contributed by atoms with E-state index in [0.29, 0.717) is 0 Å². The molecule has 5 aliphatic rings. The predicted molar refractivity (Wildman–Crippen MR) is 167 cm³/mol. The van der Waals surface area contributed by atoms with Gasteiger partial charge in [-0.1, -0.05) is 0 Å². The van der Waals surface area contributed by atoms with Gasteiger partial charge in [0.1, 0.15) is 122 Å². The molecule has 0 aliphatic carbocycles. The van der Waals surface area contributed by atoms with Gasteiger partial charge in [-0.3, -0.25) is 0 Å². The Kier molecular flexibility index (Phi) is 16.1. The van der Waals surface area contributed by atoms with E-state index in [2.05, 4.69) is 0 Å². The van der Waals surface area contributed by atoms with Gasteiger partial charge in [0.25, 0.3) is 0 Å². The predicted octanol–water partition coefficient (Wildman–Crippen LogP) is -11.9. The molecule has 5 heterocycles. The van der Waals surface area contributed by atoms with Gasteiger partial charge in [0.2, 0.25) is 0 Å². The molecule has 0 radical (unpaired) electrons. The summed E-state index contributed by atoms with van der Waals surface area (Å²) in [6, 6.07) is 0. The standard InChI is InChI=1S/C30H52O26/c31-1-6-11(35)16(40)18(42)28(51-6)55-25-15(39)9(4-34)52-30(22(25)46)56-24-14(38)8(3-33)50-27(21(24)45)48-5-10-12(36)17(41)19(43)29(53-10)54-23-13(37)7(2-32)49-26(47)20(23)44/h6-47H,1-5H2/t6-,7-,8-,9-,10-,11-,12-,13-,14-,15-,16+,17+,18-,19-,20-,21-,22-,23+,24+,25+,26-,27-,28+,29+,30+/m1/s1. The van der Waals surface area contributed by atoms with Crippen molar-refractivity contribution in [3.05, 3.63) is 0 Å². The van der Waals surface area contributed by atoms with Crippen LogP contribution in [0, 0.1) is 0 Å². The fourth-order valence-corrected chi connectivity index (χ4v) is 6.91. The van der Waals surface area contributed by atoms with Crippen molar-refractivity contribution in [2.24, 2.45) is 0 Å². The minimum atomic E-state index is -2.09. The number of aliphatic hydroxyl groups is 17. The first-order valence-corrected chi connectivity index (χ1v) is 17.6. The molecule has 0 aromatic rings. The molecule has 0 unspecified atom stereocenters. The van der Waals surface area contributed by atoms with E-state index in [0.717, 1.165) is 0 Å². The summed E-state index contributed by atoms with van der Waals surface area (Å²) in [5.41, 5.74) is 0. The van der Waals surface area contributed by atoms with E-state index in [1.807, 2.05) is 0 Å². The first-order chi connectivity index (χ1) is 26.5. The molecule has 0 amide bonds. The second kappa shape index (κ2) is 19.6. The van der Waals surface area contributed by atoms with Gasteiger partial charge < -0.3 is 129 Å². The van der Waals surface area contributed by atoms with Crippen molar-refractivity contribution < 1.29 is 129 Å². The van der Waals surface area contributed by atoms with Crippen LogP contribution in [0.15, 0.2) is 0 Å². The molecule has 5 rings (SSSR count). The smallest absolute Gasteiger partial charge is 0.187 e. The highest BCUT2D eigenvalue weighted by Gasteiger charge is 2.55. The maximum absolute atomic E-state index is 11.2. The Labute approximate surface area is 316 Å². The van der Waals surface area contributed by atoms with Gasteiger partial charge in [-0.2, -0.15) is 0 Å². The Hall–Kier alpha value is -1.04. The first kappa shape index (κ1) is 46.0. The largest absolute Gasteiger partial charge is 0.394 e. The molecule has 56 heavy (non-hydrogen) atoms. The molecule has 17 N–H and O–H groups in total. The molecule has 5 aliphatic heterocycles. The lowest BCUT2D eigenvalue weighted by molar-refractivity contribution is -0.384. The van der Waals surface area contributed by atoms with Crippen molar-refractivity contribution in [2.45, 2.75) is 154 Å². The Bertz CT molecular complexity index is 1210. The summed E-state index contributed by atoms with van der Waals surface area (Å²) in [5, 5.41) is 176. The normalized spacial score (nSPS) is 53.2. The average molecular weight is 829 g/mol. The highest BCUT2D eigenvalue weighted by molar-refractivity contribution is 4.98. The van der Waals surface area contributed by atoms with Crippen LogP contribution in [0.5, 0.6) is 0 Å². The number of hydrogen-bond acceptors (Lipinski definition) is 26. The SMILES string of the molecule is OC[C@H]1O[C@@H](O[C@@H]2[C@@H](O)[C@H](O[C@@H]3[C@@H](O)[C@H](OC[C@H]4O[C@@H](O[C@@H]5[C@@H](O)[C@H](O)O[C@H](CO)[C@H]5O)[C@H](O)[C@@H](O)[C@@H]4O)O[C@H](CO)[C@H]3O)O[C@H](CO)[C@H]2O)[C@H](O)[C@@H](O)[C@@H]1O. The van der Waals surface area contributed by atoms with Crippen LogP contribution in [0.1, 0.15) is 0 Å². The van der Waals surface area contributed by atoms with E-state index in [4.69, 9.17) is 42.6 Å². The fourth-order valence-electron chi connectivity index (χ4n) is 6.91. The summed E-state index contributed by atoms with van der Waals surface area (Å²) in [5.74, 6) is 0. The van der Waals surface area contributed by atoms with Crippen LogP contribution in [0.4, 0.5) is 0 Å². The molecule has 328 valence electrons. The number of ether oxygens (including phenoxy) is 9. The third-order valence-electron chi connectivity index (χ3n) is 10.3. The molecule has 25 atom stereocenters. The van der Waals surface area contributed by atoms with Gasteiger partial charge in [0.05, 0.1) is 33.0 Å². The number of hydrogen-bond donors (Lipinski definition) is 17. The summed E-state index contributed by atoms with van der Waals surface area (Å²) in [7, 11) is 0. The van der Waals surface area contributed by atoms with Crippen LogP contribution < -0.4 is 0 Å². The Morgan fingerprint density at radius 3 is 1.07 bits per heavy atom. The zero-order valence-corrected chi connectivity index (χ0v) is 29.2. The van der Waals surface area contributed by atoms with Crippen LogP contribution in [0.3, 0.4) is 0 Å². The van der Waals surface area contributed by atoms with Crippen LogP contribution >= 0.6 is 0 Å². The van der Waals surface area contributed by atoms with E-state index >= 15 is 0 Å². The van der Waals surface area contributed by atoms with Crippen molar-refractivity contribution in [1.82, 2.24) is 0 Å². The number of aliphatic hydroxyl groups excluding tert-OH is 17. The number of rotatable bonds is 13. The van der Waals surface area contributed by atoms with Crippen LogP contribution in [0.25, 0.3) is 0 Å². The quantitative estimate of drug-likeness (QED) is 0.0819. The minimum absolute atomic E-state index is 0.815. The van der Waals surface area contributed by atoms with E-state index in [-0.39, 0.29) is 0 Å². The van der Waals surface area contributed by atoms with E-state index in [1.165, 1.54) is 0 Å². The molecule has 26 heteroatoms. The third-order valence-corrected chi connectivity index (χ3v) is 10.3. The average Bonchev–Trinajstić information content (AvgIpc) is 3.18. The zero-order valence-electron chi connectivity index (χ0n) is 29.2. The lowest BCUT2D eigenvalue weighted by Gasteiger charge is -2.48. The molecular weight excluding hydrogens is 776 g/mol. The van der Waals surface area contributed by atoms with Gasteiger partial charge in [-0.05, 0) is 0 Å². The van der Waals surface area contributed by atoms with Gasteiger partial charge in [-0.15, -0.1) is 0 Å². The summed E-state index contributed by atoms with van der Waals surface area (Å²) >= 11 is 0. The second-order valence-electron chi connectivity index (χ2n) is 14.0. The molecular formula is C30H52O26. The topological polar surface area (TPSA) is 427 Å². The Morgan fingerprint density at radius 2 is 0.625 bits per heavy atom. The van der Waals surface area contributed by atoms with Crippen molar-refractivity contribution in [3.8, 4) is 0 Å². The summed E-state index contributed by atoms with van der Waals surface area (Å²) in [4.78, 5) is 0. The van der Waals surface area contributed by atoms with Crippen molar-refractivity contribution in [2.75, 3.05) is 33.0 Å². The van der Waals surface area contributed by atoms with E-state index < -0.39 is 187 Å². The zero-order chi connectivity index (χ0) is 41.3. The van der Waals surface area contributed by atoms with Gasteiger partial charge in [0.15, 0.2) is 31.5 Å². The maximum atomic E-state index is 11.2. The first-order valence-electron chi connectivity index (χ1n) is 17.6. The van der Waals surface area contributed by atoms with Gasteiger partial charge >= 0.3 is 0 Å². The Morgan fingerprint density at radius 1 is 0.304 bits per heavy atom.